The van der Waals surface area contributed by atoms with Crippen molar-refractivity contribution >= 4 is 16.9 Å². The molecule has 0 saturated carbocycles. The fraction of sp³-hybridized carbons (Fsp3) is 0.350. The van der Waals surface area contributed by atoms with Crippen molar-refractivity contribution in [2.45, 2.75) is 31.9 Å². The third kappa shape index (κ3) is 4.04. The molecule has 9 heteroatoms. The van der Waals surface area contributed by atoms with E-state index in [1.807, 2.05) is 0 Å². The van der Waals surface area contributed by atoms with Gasteiger partial charge in [-0.15, -0.1) is 0 Å². The molecule has 2 N–H and O–H groups in total. The van der Waals surface area contributed by atoms with E-state index in [9.17, 15) is 13.6 Å². The number of aryl methyl sites for hydroxylation is 1. The molecule has 0 aliphatic carbocycles. The van der Waals surface area contributed by atoms with E-state index in [1.54, 1.807) is 43.6 Å². The summed E-state index contributed by atoms with van der Waals surface area (Å²) >= 11 is 0. The Morgan fingerprint density at radius 2 is 2.17 bits per heavy atom. The summed E-state index contributed by atoms with van der Waals surface area (Å²) in [7, 11) is 0. The zero-order valence-electron chi connectivity index (χ0n) is 15.7. The van der Waals surface area contributed by atoms with E-state index >= 15 is 0 Å². The van der Waals surface area contributed by atoms with Gasteiger partial charge in [0, 0.05) is 17.8 Å². The van der Waals surface area contributed by atoms with E-state index in [-0.39, 0.29) is 18.6 Å². The van der Waals surface area contributed by atoms with Crippen LogP contribution in [0.3, 0.4) is 0 Å². The number of ether oxygens (including phenoxy) is 1. The third-order valence-electron chi connectivity index (χ3n) is 4.84. The molecule has 152 valence electrons. The number of aromatic nitrogens is 2. The number of carbonyl (C=O) groups is 1. The number of benzene rings is 1. The highest BCUT2D eigenvalue weighted by Crippen LogP contribution is 2.30. The molecule has 3 aromatic rings. The van der Waals surface area contributed by atoms with Crippen LogP contribution in [0.25, 0.3) is 11.0 Å². The van der Waals surface area contributed by atoms with Crippen LogP contribution in [0.5, 0.6) is 5.75 Å². The van der Waals surface area contributed by atoms with Gasteiger partial charge in [-0.2, -0.15) is 0 Å². The molecule has 1 aliphatic heterocycles. The Kier molecular flexibility index (Phi) is 5.14. The van der Waals surface area contributed by atoms with Crippen LogP contribution in [0.2, 0.25) is 0 Å². The van der Waals surface area contributed by atoms with Crippen molar-refractivity contribution in [3.63, 3.8) is 0 Å². The predicted octanol–water partition coefficient (Wildman–Crippen LogP) is 2.84. The Bertz CT molecular complexity index is 1020. The summed E-state index contributed by atoms with van der Waals surface area (Å²) in [6.45, 7) is 1.76. The number of fused-ring (bicyclic) bond motifs is 1. The van der Waals surface area contributed by atoms with E-state index < -0.39 is 24.4 Å². The van der Waals surface area contributed by atoms with Gasteiger partial charge in [-0.3, -0.25) is 4.79 Å². The molecule has 3 heterocycles. The Morgan fingerprint density at radius 3 is 2.93 bits per heavy atom. The monoisotopic (exact) mass is 402 g/mol. The van der Waals surface area contributed by atoms with Gasteiger partial charge in [0.1, 0.15) is 23.7 Å². The van der Waals surface area contributed by atoms with Gasteiger partial charge in [0.05, 0.1) is 18.2 Å². The van der Waals surface area contributed by atoms with E-state index in [4.69, 9.17) is 9.15 Å². The number of rotatable bonds is 5. The Morgan fingerprint density at radius 1 is 1.38 bits per heavy atom. The number of nitrogens with zero attached hydrogens (tertiary/aromatic N) is 2. The number of halogens is 2. The molecule has 0 spiro atoms. The quantitative estimate of drug-likeness (QED) is 0.682. The first-order valence-corrected chi connectivity index (χ1v) is 9.25. The molecule has 1 atom stereocenters. The highest BCUT2D eigenvalue weighted by molar-refractivity contribution is 6.07. The second-order valence-electron chi connectivity index (χ2n) is 6.90. The molecule has 1 aromatic carbocycles. The summed E-state index contributed by atoms with van der Waals surface area (Å²) in [5.74, 6) is -2.23. The lowest BCUT2D eigenvalue weighted by Gasteiger charge is -2.32. The minimum absolute atomic E-state index is 0.152. The van der Waals surface area contributed by atoms with E-state index in [0.717, 1.165) is 0 Å². The number of nitrogens with one attached hydrogen (secondary N) is 2. The zero-order chi connectivity index (χ0) is 20.4. The Hall–Kier alpha value is -3.07. The normalized spacial score (nSPS) is 18.5. The first-order valence-electron chi connectivity index (χ1n) is 9.25. The zero-order valence-corrected chi connectivity index (χ0v) is 15.7. The van der Waals surface area contributed by atoms with Gasteiger partial charge in [-0.1, -0.05) is 0 Å². The number of carbonyl (C=O) groups excluding carboxylic acids is 1. The number of alkyl halides is 2. The standard InChI is InChI=1S/C20H20F2N4O3/c1-12-18(19(27)26-16-5-8-23-11-20(16,21)22)14-9-13(3-4-15(14)29-12)28-10-17-24-6-2-7-25-17/h2-4,6-7,9,16,23H,5,8,10-11H2,1H3,(H,26,27). The number of hydrogen-bond donors (Lipinski definition) is 2. The average molecular weight is 402 g/mol. The van der Waals surface area contributed by atoms with Gasteiger partial charge in [0.15, 0.2) is 5.82 Å². The molecule has 1 fully saturated rings. The van der Waals surface area contributed by atoms with Gasteiger partial charge >= 0.3 is 0 Å². The summed E-state index contributed by atoms with van der Waals surface area (Å²) in [6.07, 6.45) is 3.39. The molecule has 1 amide bonds. The predicted molar refractivity (Wildman–Crippen MR) is 101 cm³/mol. The van der Waals surface area contributed by atoms with Crippen molar-refractivity contribution in [1.29, 1.82) is 0 Å². The van der Waals surface area contributed by atoms with Crippen LogP contribution in [0.15, 0.2) is 41.1 Å². The molecule has 4 rings (SSSR count). The molecule has 0 radical (unpaired) electrons. The first-order chi connectivity index (χ1) is 13.9. The maximum absolute atomic E-state index is 14.1. The lowest BCUT2D eigenvalue weighted by atomic mass is 10.0. The second-order valence-corrected chi connectivity index (χ2v) is 6.90. The van der Waals surface area contributed by atoms with Crippen LogP contribution in [0.1, 0.15) is 28.4 Å². The first kappa shape index (κ1) is 19.3. The van der Waals surface area contributed by atoms with Gasteiger partial charge in [-0.05, 0) is 44.2 Å². The lowest BCUT2D eigenvalue weighted by molar-refractivity contribution is -0.0487. The molecular formula is C20H20F2N4O3. The van der Waals surface area contributed by atoms with Gasteiger partial charge in [-0.25, -0.2) is 18.7 Å². The summed E-state index contributed by atoms with van der Waals surface area (Å²) in [4.78, 5) is 21.0. The molecule has 1 aliphatic rings. The summed E-state index contributed by atoms with van der Waals surface area (Å²) in [5, 5.41) is 5.62. The van der Waals surface area contributed by atoms with Crippen LogP contribution >= 0.6 is 0 Å². The minimum atomic E-state index is -3.01. The molecule has 7 nitrogen and oxygen atoms in total. The highest BCUT2D eigenvalue weighted by atomic mass is 19.3. The maximum Gasteiger partial charge on any atom is 0.280 e. The van der Waals surface area contributed by atoms with Crippen molar-refractivity contribution in [1.82, 2.24) is 20.6 Å². The largest absolute Gasteiger partial charge is 0.486 e. The van der Waals surface area contributed by atoms with Crippen molar-refractivity contribution in [2.24, 2.45) is 0 Å². The van der Waals surface area contributed by atoms with Crippen molar-refractivity contribution in [3.8, 4) is 5.75 Å². The van der Waals surface area contributed by atoms with Crippen molar-refractivity contribution in [3.05, 3.63) is 53.8 Å². The minimum Gasteiger partial charge on any atom is -0.486 e. The number of hydrogen-bond acceptors (Lipinski definition) is 6. The van der Waals surface area contributed by atoms with Crippen LogP contribution in [-0.2, 0) is 6.61 Å². The van der Waals surface area contributed by atoms with Gasteiger partial charge < -0.3 is 19.8 Å². The van der Waals surface area contributed by atoms with Crippen LogP contribution in [0, 0.1) is 6.92 Å². The summed E-state index contributed by atoms with van der Waals surface area (Å²) in [6, 6.07) is 5.52. The smallest absolute Gasteiger partial charge is 0.280 e. The highest BCUT2D eigenvalue weighted by Gasteiger charge is 2.42. The van der Waals surface area contributed by atoms with Crippen LogP contribution < -0.4 is 15.4 Å². The third-order valence-corrected chi connectivity index (χ3v) is 4.84. The van der Waals surface area contributed by atoms with Gasteiger partial charge in [0.2, 0.25) is 0 Å². The summed E-state index contributed by atoms with van der Waals surface area (Å²) in [5.41, 5.74) is 0.712. The fourth-order valence-corrected chi connectivity index (χ4v) is 3.37. The fourth-order valence-electron chi connectivity index (χ4n) is 3.37. The van der Waals surface area contributed by atoms with Crippen LogP contribution in [0.4, 0.5) is 8.78 Å². The van der Waals surface area contributed by atoms with Crippen molar-refractivity contribution in [2.75, 3.05) is 13.1 Å². The Labute approximate surface area is 165 Å². The van der Waals surface area contributed by atoms with Gasteiger partial charge in [0.25, 0.3) is 11.8 Å². The second kappa shape index (κ2) is 7.75. The Balaban J connectivity index is 1.56. The topological polar surface area (TPSA) is 89.3 Å². The summed E-state index contributed by atoms with van der Waals surface area (Å²) < 4.78 is 39.5. The van der Waals surface area contributed by atoms with E-state index in [1.165, 1.54) is 0 Å². The van der Waals surface area contributed by atoms with Crippen LogP contribution in [-0.4, -0.2) is 40.9 Å². The number of piperidine rings is 1. The van der Waals surface area contributed by atoms with E-state index in [0.29, 0.717) is 34.8 Å². The number of furan rings is 1. The lowest BCUT2D eigenvalue weighted by Crippen LogP contribution is -2.57. The molecule has 1 saturated heterocycles. The molecule has 1 unspecified atom stereocenters. The molecular weight excluding hydrogens is 382 g/mol. The van der Waals surface area contributed by atoms with Crippen molar-refractivity contribution < 1.29 is 22.7 Å². The molecule has 0 bridgehead atoms. The maximum atomic E-state index is 14.1. The molecule has 2 aromatic heterocycles. The van der Waals surface area contributed by atoms with E-state index in [2.05, 4.69) is 20.6 Å². The average Bonchev–Trinajstić information content (AvgIpc) is 3.03. The molecule has 29 heavy (non-hydrogen) atoms. The number of amides is 1. The SMILES string of the molecule is Cc1oc2ccc(OCc3ncccn3)cc2c1C(=O)NC1CCNCC1(F)F.